The van der Waals surface area contributed by atoms with Crippen LogP contribution in [0.4, 0.5) is 4.39 Å². The van der Waals surface area contributed by atoms with Crippen molar-refractivity contribution in [2.45, 2.75) is 0 Å². The molecule has 0 aliphatic heterocycles. The molecule has 7 heteroatoms. The zero-order valence-corrected chi connectivity index (χ0v) is 19.1. The van der Waals surface area contributed by atoms with E-state index < -0.39 is 17.4 Å². The third-order valence-electron chi connectivity index (χ3n) is 4.95. The van der Waals surface area contributed by atoms with Crippen molar-refractivity contribution >= 4 is 29.8 Å². The maximum Gasteiger partial charge on any atom is 0.189 e. The minimum Gasteiger partial charge on any atom is -0.504 e. The van der Waals surface area contributed by atoms with Gasteiger partial charge in [-0.25, -0.2) is 4.39 Å². The first-order valence-corrected chi connectivity index (χ1v) is 10.5. The van der Waals surface area contributed by atoms with E-state index in [-0.39, 0.29) is 28.6 Å². The van der Waals surface area contributed by atoms with Crippen LogP contribution in [0, 0.1) is 5.82 Å². The topological polar surface area (TPSA) is 93.1 Å². The number of ketones is 2. The largest absolute Gasteiger partial charge is 0.504 e. The number of hydrogen-bond donors (Lipinski definition) is 2. The van der Waals surface area contributed by atoms with Crippen LogP contribution in [0.25, 0.3) is 18.2 Å². The highest BCUT2D eigenvalue weighted by Gasteiger charge is 2.15. The second-order valence-corrected chi connectivity index (χ2v) is 7.37. The molecule has 0 aliphatic carbocycles. The van der Waals surface area contributed by atoms with E-state index in [0.29, 0.717) is 16.7 Å². The van der Waals surface area contributed by atoms with Crippen molar-refractivity contribution in [3.05, 3.63) is 101 Å². The first-order valence-electron chi connectivity index (χ1n) is 10.5. The van der Waals surface area contributed by atoms with Gasteiger partial charge in [-0.05, 0) is 71.3 Å². The second kappa shape index (κ2) is 11.5. The third kappa shape index (κ3) is 6.68. The predicted molar refractivity (Wildman–Crippen MR) is 132 cm³/mol. The lowest BCUT2D eigenvalue weighted by molar-refractivity contribution is -0.116. The highest BCUT2D eigenvalue weighted by Crippen LogP contribution is 2.28. The predicted octanol–water partition coefficient (Wildman–Crippen LogP) is 5.20. The number of carbonyl (C=O) groups excluding carboxylic acids is 2. The second-order valence-electron chi connectivity index (χ2n) is 7.37. The molecule has 0 unspecified atom stereocenters. The molecule has 0 radical (unpaired) electrons. The molecule has 0 atom stereocenters. The highest BCUT2D eigenvalue weighted by molar-refractivity contribution is 6.31. The van der Waals surface area contributed by atoms with Crippen LogP contribution in [0.1, 0.15) is 16.7 Å². The fourth-order valence-corrected chi connectivity index (χ4v) is 3.15. The van der Waals surface area contributed by atoms with Crippen molar-refractivity contribution in [2.75, 3.05) is 14.2 Å². The highest BCUT2D eigenvalue weighted by atomic mass is 19.1. The van der Waals surface area contributed by atoms with Gasteiger partial charge in [-0.15, -0.1) is 0 Å². The van der Waals surface area contributed by atoms with Gasteiger partial charge in [0.15, 0.2) is 34.6 Å². The molecule has 178 valence electrons. The lowest BCUT2D eigenvalue weighted by Gasteiger charge is -2.05. The molecule has 0 saturated heterocycles. The number of benzene rings is 3. The smallest absolute Gasteiger partial charge is 0.189 e. The number of rotatable bonds is 9. The number of phenols is 2. The quantitative estimate of drug-likeness (QED) is 0.252. The Bertz CT molecular complexity index is 1260. The fraction of sp³-hybridized carbons (Fsp3) is 0.0714. The van der Waals surface area contributed by atoms with Gasteiger partial charge in [0, 0.05) is 0 Å². The van der Waals surface area contributed by atoms with Gasteiger partial charge < -0.3 is 19.7 Å². The summed E-state index contributed by atoms with van der Waals surface area (Å²) in [5.74, 6) is -1.32. The average molecular weight is 474 g/mol. The Labute approximate surface area is 201 Å². The molecule has 3 aromatic carbocycles. The summed E-state index contributed by atoms with van der Waals surface area (Å²) in [4.78, 5) is 26.0. The Morgan fingerprint density at radius 2 is 1.26 bits per heavy atom. The first-order chi connectivity index (χ1) is 16.8. The number of carbonyl (C=O) groups is 2. The Kier molecular flexibility index (Phi) is 8.19. The molecule has 6 nitrogen and oxygen atoms in total. The van der Waals surface area contributed by atoms with E-state index in [9.17, 15) is 24.2 Å². The lowest BCUT2D eigenvalue weighted by atomic mass is 10.0. The molecule has 2 N–H and O–H groups in total. The van der Waals surface area contributed by atoms with E-state index in [1.807, 2.05) is 0 Å². The van der Waals surface area contributed by atoms with Gasteiger partial charge in [-0.1, -0.05) is 36.4 Å². The number of allylic oxidation sites excluding steroid dienone is 3. The van der Waals surface area contributed by atoms with E-state index in [1.165, 1.54) is 87.1 Å². The van der Waals surface area contributed by atoms with Crippen LogP contribution in [-0.4, -0.2) is 36.0 Å². The van der Waals surface area contributed by atoms with Gasteiger partial charge in [-0.3, -0.25) is 9.59 Å². The van der Waals surface area contributed by atoms with Crippen LogP contribution in [0.15, 0.2) is 78.4 Å². The fourth-order valence-electron chi connectivity index (χ4n) is 3.15. The molecule has 0 bridgehead atoms. The summed E-state index contributed by atoms with van der Waals surface area (Å²) in [7, 11) is 2.81. The van der Waals surface area contributed by atoms with Crippen molar-refractivity contribution in [2.24, 2.45) is 0 Å². The molecular weight excluding hydrogens is 451 g/mol. The molecular formula is C28H23FO6. The van der Waals surface area contributed by atoms with Crippen molar-refractivity contribution in [3.8, 4) is 23.0 Å². The molecule has 0 spiro atoms. The summed E-state index contributed by atoms with van der Waals surface area (Å²) in [6, 6.07) is 14.6. The molecule has 0 saturated carbocycles. The van der Waals surface area contributed by atoms with Crippen LogP contribution >= 0.6 is 0 Å². The molecule has 0 amide bonds. The summed E-state index contributed by atoms with van der Waals surface area (Å²) >= 11 is 0. The molecule has 0 heterocycles. The maximum atomic E-state index is 13.7. The summed E-state index contributed by atoms with van der Waals surface area (Å²) < 4.78 is 23.8. The molecule has 35 heavy (non-hydrogen) atoms. The zero-order valence-electron chi connectivity index (χ0n) is 19.1. The van der Waals surface area contributed by atoms with Crippen molar-refractivity contribution in [3.63, 3.8) is 0 Å². The molecule has 3 aromatic rings. The van der Waals surface area contributed by atoms with Gasteiger partial charge in [0.05, 0.1) is 19.8 Å². The van der Waals surface area contributed by atoms with Crippen molar-refractivity contribution in [1.82, 2.24) is 0 Å². The van der Waals surface area contributed by atoms with Crippen LogP contribution in [0.3, 0.4) is 0 Å². The van der Waals surface area contributed by atoms with E-state index >= 15 is 0 Å². The monoisotopic (exact) mass is 474 g/mol. The van der Waals surface area contributed by atoms with E-state index in [4.69, 9.17) is 9.47 Å². The van der Waals surface area contributed by atoms with E-state index in [2.05, 4.69) is 0 Å². The van der Waals surface area contributed by atoms with Crippen LogP contribution in [0.5, 0.6) is 23.0 Å². The number of halogens is 1. The van der Waals surface area contributed by atoms with Crippen LogP contribution < -0.4 is 9.47 Å². The Morgan fingerprint density at radius 1 is 0.743 bits per heavy atom. The summed E-state index contributed by atoms with van der Waals surface area (Å²) in [5.41, 5.74) is 1.30. The minimum atomic E-state index is -0.598. The number of hydrogen-bond acceptors (Lipinski definition) is 6. The number of methoxy groups -OCH3 is 2. The molecule has 3 rings (SSSR count). The number of phenolic OH excluding ortho intramolecular Hbond substituents is 2. The van der Waals surface area contributed by atoms with Crippen molar-refractivity contribution < 1.29 is 33.7 Å². The van der Waals surface area contributed by atoms with Gasteiger partial charge >= 0.3 is 0 Å². The Morgan fingerprint density at radius 3 is 1.71 bits per heavy atom. The summed E-state index contributed by atoms with van der Waals surface area (Å²) in [6.07, 6.45) is 6.70. The standard InChI is InChI=1S/C28H23FO6/c1-34-27-16-18(8-12-25(27)32)6-10-23(30)22(15-20-4-3-5-21(29)14-20)24(31)11-7-19-9-13-26(33)28(17-19)35-2/h3-17,32-33H,1-2H3/b10-6+,11-7+. The molecule has 0 fully saturated rings. The first kappa shape index (κ1) is 25.0. The van der Waals surface area contributed by atoms with Gasteiger partial charge in [0.2, 0.25) is 0 Å². The summed E-state index contributed by atoms with van der Waals surface area (Å²) in [6.45, 7) is 0. The molecule has 0 aliphatic rings. The average Bonchev–Trinajstić information content (AvgIpc) is 2.86. The summed E-state index contributed by atoms with van der Waals surface area (Å²) in [5, 5.41) is 19.5. The van der Waals surface area contributed by atoms with Crippen molar-refractivity contribution in [1.29, 1.82) is 0 Å². The number of aromatic hydroxyl groups is 2. The minimum absolute atomic E-state index is 0.0474. The third-order valence-corrected chi connectivity index (χ3v) is 4.95. The SMILES string of the molecule is COc1cc(/C=C/C(=O)C(=Cc2cccc(F)c2)C(=O)/C=C/c2ccc(O)c(OC)c2)ccc1O. The lowest BCUT2D eigenvalue weighted by Crippen LogP contribution is -2.08. The molecule has 0 aromatic heterocycles. The van der Waals surface area contributed by atoms with Gasteiger partial charge in [-0.2, -0.15) is 0 Å². The van der Waals surface area contributed by atoms with E-state index in [0.717, 1.165) is 0 Å². The Hall–Kier alpha value is -4.65. The zero-order chi connectivity index (χ0) is 25.4. The Balaban J connectivity index is 1.93. The van der Waals surface area contributed by atoms with Gasteiger partial charge in [0.1, 0.15) is 5.82 Å². The number of ether oxygens (including phenoxy) is 2. The van der Waals surface area contributed by atoms with Crippen LogP contribution in [0.2, 0.25) is 0 Å². The normalized spacial score (nSPS) is 10.9. The van der Waals surface area contributed by atoms with Crippen LogP contribution in [-0.2, 0) is 9.59 Å². The van der Waals surface area contributed by atoms with E-state index in [1.54, 1.807) is 18.2 Å². The van der Waals surface area contributed by atoms with Gasteiger partial charge in [0.25, 0.3) is 0 Å². The maximum absolute atomic E-state index is 13.7.